The summed E-state index contributed by atoms with van der Waals surface area (Å²) in [5, 5.41) is 0. The summed E-state index contributed by atoms with van der Waals surface area (Å²) in [6.07, 6.45) is 3.84. The lowest BCUT2D eigenvalue weighted by Crippen LogP contribution is -2.41. The van der Waals surface area contributed by atoms with Crippen LogP contribution in [0.15, 0.2) is 0 Å². The summed E-state index contributed by atoms with van der Waals surface area (Å²) < 4.78 is 10.4. The summed E-state index contributed by atoms with van der Waals surface area (Å²) in [5.41, 5.74) is 0. The highest BCUT2D eigenvalue weighted by Gasteiger charge is 2.66. The van der Waals surface area contributed by atoms with Gasteiger partial charge in [0.15, 0.2) is 0 Å². The van der Waals surface area contributed by atoms with E-state index in [0.717, 1.165) is 47.8 Å². The van der Waals surface area contributed by atoms with Gasteiger partial charge in [0.1, 0.15) is 6.61 Å². The smallest absolute Gasteiger partial charge is 0.309 e. The molecule has 4 aliphatic carbocycles. The van der Waals surface area contributed by atoms with Gasteiger partial charge in [-0.2, -0.15) is 0 Å². The van der Waals surface area contributed by atoms with Gasteiger partial charge in [-0.05, 0) is 66.6 Å². The number of hydrogen-bond donors (Lipinski definition) is 0. The third-order valence-corrected chi connectivity index (χ3v) is 7.68. The van der Waals surface area contributed by atoms with Crippen LogP contribution in [-0.2, 0) is 14.3 Å². The normalized spacial score (nSPS) is 53.2. The summed E-state index contributed by atoms with van der Waals surface area (Å²) in [6, 6.07) is 0. The summed E-state index contributed by atoms with van der Waals surface area (Å²) in [5.74, 6) is 7.06. The second-order valence-electron chi connectivity index (χ2n) is 8.10. The van der Waals surface area contributed by atoms with Gasteiger partial charge in [0.2, 0.25) is 0 Å². The van der Waals surface area contributed by atoms with Crippen molar-refractivity contribution in [3.05, 3.63) is 0 Å². The minimum atomic E-state index is 0.0569. The number of carbonyl (C=O) groups is 1. The average Bonchev–Trinajstić information content (AvgIpc) is 3.19. The molecule has 0 spiro atoms. The van der Waals surface area contributed by atoms with E-state index in [4.69, 9.17) is 9.47 Å². The van der Waals surface area contributed by atoms with Crippen LogP contribution in [-0.4, -0.2) is 26.3 Å². The average molecular weight is 292 g/mol. The third kappa shape index (κ3) is 1.85. The zero-order valence-electron chi connectivity index (χ0n) is 13.5. The summed E-state index contributed by atoms with van der Waals surface area (Å²) >= 11 is 0. The predicted octanol–water partition coefficient (Wildman–Crippen LogP) is 2.99. The largest absolute Gasteiger partial charge is 0.463 e. The third-order valence-electron chi connectivity index (χ3n) is 7.68. The van der Waals surface area contributed by atoms with Gasteiger partial charge in [0, 0.05) is 7.11 Å². The molecule has 4 bridgehead atoms. The lowest BCUT2D eigenvalue weighted by atomic mass is 9.62. The highest BCUT2D eigenvalue weighted by Crippen LogP contribution is 2.71. The van der Waals surface area contributed by atoms with E-state index in [2.05, 4.69) is 13.8 Å². The molecule has 0 N–H and O–H groups in total. The van der Waals surface area contributed by atoms with Crippen LogP contribution in [0.25, 0.3) is 0 Å². The van der Waals surface area contributed by atoms with Gasteiger partial charge in [-0.25, -0.2) is 0 Å². The van der Waals surface area contributed by atoms with Crippen molar-refractivity contribution in [3.8, 4) is 0 Å². The van der Waals surface area contributed by atoms with Crippen molar-refractivity contribution in [3.63, 3.8) is 0 Å². The van der Waals surface area contributed by atoms with Crippen molar-refractivity contribution in [2.75, 3.05) is 20.3 Å². The summed E-state index contributed by atoms with van der Waals surface area (Å²) in [7, 11) is 1.65. The van der Waals surface area contributed by atoms with Gasteiger partial charge < -0.3 is 9.47 Å². The fourth-order valence-corrected chi connectivity index (χ4v) is 6.83. The first-order valence-corrected chi connectivity index (χ1v) is 8.79. The predicted molar refractivity (Wildman–Crippen MR) is 79.4 cm³/mol. The molecular formula is C18H28O3. The zero-order chi connectivity index (χ0) is 14.7. The van der Waals surface area contributed by atoms with Gasteiger partial charge in [-0.1, -0.05) is 13.8 Å². The quantitative estimate of drug-likeness (QED) is 0.454. The second-order valence-corrected chi connectivity index (χ2v) is 8.10. The van der Waals surface area contributed by atoms with E-state index in [1.165, 1.54) is 12.8 Å². The Hall–Kier alpha value is -0.570. The number of methoxy groups -OCH3 is 1. The molecule has 21 heavy (non-hydrogen) atoms. The summed E-state index contributed by atoms with van der Waals surface area (Å²) in [6.45, 7) is 5.84. The van der Waals surface area contributed by atoms with E-state index in [0.29, 0.717) is 19.1 Å². The molecule has 0 aliphatic heterocycles. The van der Waals surface area contributed by atoms with E-state index < -0.39 is 0 Å². The van der Waals surface area contributed by atoms with Gasteiger partial charge in [-0.3, -0.25) is 4.79 Å². The van der Waals surface area contributed by atoms with Crippen molar-refractivity contribution in [2.45, 2.75) is 33.1 Å². The highest BCUT2D eigenvalue weighted by molar-refractivity contribution is 5.73. The first-order valence-electron chi connectivity index (χ1n) is 8.79. The lowest BCUT2D eigenvalue weighted by molar-refractivity contribution is -0.153. The first-order chi connectivity index (χ1) is 10.1. The molecule has 0 aromatic heterocycles. The highest BCUT2D eigenvalue weighted by atomic mass is 16.6. The van der Waals surface area contributed by atoms with Crippen molar-refractivity contribution in [2.24, 2.45) is 53.3 Å². The molecule has 118 valence electrons. The number of esters is 1. The number of ether oxygens (including phenoxy) is 2. The molecule has 3 heteroatoms. The molecule has 9 atom stereocenters. The zero-order valence-corrected chi connectivity index (χ0v) is 13.5. The maximum absolute atomic E-state index is 12.4. The molecule has 0 amide bonds. The molecule has 4 aliphatic rings. The second kappa shape index (κ2) is 4.97. The van der Waals surface area contributed by atoms with Crippen LogP contribution in [0.1, 0.15) is 33.1 Å². The molecule has 0 heterocycles. The van der Waals surface area contributed by atoms with E-state index in [1.807, 2.05) is 0 Å². The van der Waals surface area contributed by atoms with Crippen molar-refractivity contribution >= 4 is 5.97 Å². The van der Waals surface area contributed by atoms with E-state index in [-0.39, 0.29) is 11.9 Å². The Morgan fingerprint density at radius 3 is 2.38 bits per heavy atom. The van der Waals surface area contributed by atoms with Crippen molar-refractivity contribution < 1.29 is 14.3 Å². The number of rotatable bonds is 4. The van der Waals surface area contributed by atoms with E-state index in [1.54, 1.807) is 7.11 Å². The van der Waals surface area contributed by atoms with Gasteiger partial charge in [0.05, 0.1) is 12.5 Å². The number of fused-ring (bicyclic) bond motifs is 9. The molecule has 4 rings (SSSR count). The van der Waals surface area contributed by atoms with E-state index in [9.17, 15) is 4.79 Å². The Balaban J connectivity index is 1.46. The molecule has 3 nitrogen and oxygen atoms in total. The Morgan fingerprint density at radius 2 is 1.67 bits per heavy atom. The molecule has 4 fully saturated rings. The molecule has 0 radical (unpaired) electrons. The molecule has 0 aromatic rings. The molecule has 4 saturated carbocycles. The topological polar surface area (TPSA) is 35.5 Å². The maximum Gasteiger partial charge on any atom is 0.309 e. The standard InChI is InChI=1S/C18H28O3/c1-9-10(2)13-8-12(9)16-11-6-14(17(13)16)15(7-11)18(19)21-5-4-20-3/h9-17H,4-8H2,1-3H3. The Morgan fingerprint density at radius 1 is 0.952 bits per heavy atom. The van der Waals surface area contributed by atoms with Gasteiger partial charge >= 0.3 is 5.97 Å². The summed E-state index contributed by atoms with van der Waals surface area (Å²) in [4.78, 5) is 12.4. The van der Waals surface area contributed by atoms with Crippen LogP contribution in [0.5, 0.6) is 0 Å². The SMILES string of the molecule is COCCOC(=O)C1CC2CC1C1C3CC(C(C)C3C)C21. The molecule has 0 aromatic carbocycles. The lowest BCUT2D eigenvalue weighted by Gasteiger charge is -2.43. The van der Waals surface area contributed by atoms with Crippen molar-refractivity contribution in [1.29, 1.82) is 0 Å². The fraction of sp³-hybridized carbons (Fsp3) is 0.944. The van der Waals surface area contributed by atoms with Crippen LogP contribution in [0.3, 0.4) is 0 Å². The Labute approximate surface area is 127 Å². The van der Waals surface area contributed by atoms with Gasteiger partial charge in [0.25, 0.3) is 0 Å². The number of carbonyl (C=O) groups excluding carboxylic acids is 1. The number of hydrogen-bond acceptors (Lipinski definition) is 3. The fourth-order valence-electron chi connectivity index (χ4n) is 6.83. The Kier molecular flexibility index (Phi) is 3.33. The van der Waals surface area contributed by atoms with Crippen LogP contribution < -0.4 is 0 Å². The molecule has 0 saturated heterocycles. The Bertz CT molecular complexity index is 434. The van der Waals surface area contributed by atoms with Crippen LogP contribution in [0, 0.1) is 53.3 Å². The monoisotopic (exact) mass is 292 g/mol. The molecule has 9 unspecified atom stereocenters. The minimum Gasteiger partial charge on any atom is -0.463 e. The minimum absolute atomic E-state index is 0.0569. The molecular weight excluding hydrogens is 264 g/mol. The van der Waals surface area contributed by atoms with Crippen LogP contribution >= 0.6 is 0 Å². The van der Waals surface area contributed by atoms with Crippen LogP contribution in [0.2, 0.25) is 0 Å². The van der Waals surface area contributed by atoms with E-state index >= 15 is 0 Å². The first kappa shape index (κ1) is 14.0. The maximum atomic E-state index is 12.4. The van der Waals surface area contributed by atoms with Gasteiger partial charge in [-0.15, -0.1) is 0 Å². The van der Waals surface area contributed by atoms with Crippen molar-refractivity contribution in [1.82, 2.24) is 0 Å². The van der Waals surface area contributed by atoms with Crippen LogP contribution in [0.4, 0.5) is 0 Å².